The molecule has 0 aliphatic heterocycles. The fourth-order valence-electron chi connectivity index (χ4n) is 2.94. The molecular formula is C20H18BrNO3. The van der Waals surface area contributed by atoms with Gasteiger partial charge in [0.1, 0.15) is 11.3 Å². The lowest BCUT2D eigenvalue weighted by Crippen LogP contribution is -2.32. The smallest absolute Gasteiger partial charge is 0.290 e. The fraction of sp³-hybridized carbons (Fsp3) is 0.250. The van der Waals surface area contributed by atoms with Gasteiger partial charge in [-0.25, -0.2) is 0 Å². The molecule has 1 heterocycles. The zero-order valence-corrected chi connectivity index (χ0v) is 15.5. The minimum atomic E-state index is -0.0503. The first-order valence-corrected chi connectivity index (χ1v) is 9.06. The molecule has 2 aromatic carbocycles. The van der Waals surface area contributed by atoms with Gasteiger partial charge in [0.25, 0.3) is 5.91 Å². The molecule has 0 saturated heterocycles. The van der Waals surface area contributed by atoms with Crippen molar-refractivity contribution in [2.75, 3.05) is 7.11 Å². The van der Waals surface area contributed by atoms with E-state index in [0.717, 1.165) is 39.6 Å². The van der Waals surface area contributed by atoms with Crippen LogP contribution in [0.25, 0.3) is 11.0 Å². The predicted octanol–water partition coefficient (Wildman–Crippen LogP) is 5.01. The Kier molecular flexibility index (Phi) is 4.25. The van der Waals surface area contributed by atoms with E-state index in [2.05, 4.69) is 15.9 Å². The minimum Gasteiger partial charge on any atom is -0.497 e. The predicted molar refractivity (Wildman–Crippen MR) is 99.8 cm³/mol. The summed E-state index contributed by atoms with van der Waals surface area (Å²) in [5, 5.41) is 0.929. The Morgan fingerprint density at radius 1 is 1.20 bits per heavy atom. The maximum atomic E-state index is 13.0. The van der Waals surface area contributed by atoms with Crippen molar-refractivity contribution in [2.45, 2.75) is 25.4 Å². The van der Waals surface area contributed by atoms with Crippen molar-refractivity contribution >= 4 is 32.8 Å². The lowest BCUT2D eigenvalue weighted by molar-refractivity contribution is 0.0700. The van der Waals surface area contributed by atoms with Crippen LogP contribution in [0.1, 0.15) is 29.0 Å². The Hall–Kier alpha value is -2.27. The van der Waals surface area contributed by atoms with Crippen molar-refractivity contribution in [3.05, 3.63) is 64.3 Å². The molecule has 128 valence electrons. The van der Waals surface area contributed by atoms with Crippen LogP contribution in [0.15, 0.2) is 57.4 Å². The van der Waals surface area contributed by atoms with E-state index in [0.29, 0.717) is 18.3 Å². The highest BCUT2D eigenvalue weighted by Gasteiger charge is 2.34. The average molecular weight is 400 g/mol. The molecule has 0 N–H and O–H groups in total. The standard InChI is InChI=1S/C20H18BrNO3/c1-24-17-7-2-13(3-8-17)12-22(16-5-6-16)20(23)19-11-14-10-15(21)4-9-18(14)25-19/h2-4,7-11,16H,5-6,12H2,1H3. The zero-order chi connectivity index (χ0) is 17.4. The molecule has 0 spiro atoms. The first-order chi connectivity index (χ1) is 12.1. The highest BCUT2D eigenvalue weighted by Crippen LogP contribution is 2.32. The minimum absolute atomic E-state index is 0.0503. The zero-order valence-electron chi connectivity index (χ0n) is 13.9. The fourth-order valence-corrected chi connectivity index (χ4v) is 3.32. The van der Waals surface area contributed by atoms with Crippen molar-refractivity contribution in [3.8, 4) is 5.75 Å². The van der Waals surface area contributed by atoms with Gasteiger partial charge >= 0.3 is 0 Å². The van der Waals surface area contributed by atoms with Crippen LogP contribution >= 0.6 is 15.9 Å². The largest absolute Gasteiger partial charge is 0.497 e. The normalized spacial score (nSPS) is 13.8. The van der Waals surface area contributed by atoms with Gasteiger partial charge in [0.15, 0.2) is 5.76 Å². The number of nitrogens with zero attached hydrogens (tertiary/aromatic N) is 1. The van der Waals surface area contributed by atoms with Crippen LogP contribution in [0.5, 0.6) is 5.75 Å². The summed E-state index contributed by atoms with van der Waals surface area (Å²) in [5.74, 6) is 1.16. The number of carbonyl (C=O) groups excluding carboxylic acids is 1. The summed E-state index contributed by atoms with van der Waals surface area (Å²) in [6, 6.07) is 15.7. The summed E-state index contributed by atoms with van der Waals surface area (Å²) in [5.41, 5.74) is 1.81. The van der Waals surface area contributed by atoms with Gasteiger partial charge in [0.05, 0.1) is 7.11 Å². The number of amides is 1. The highest BCUT2D eigenvalue weighted by atomic mass is 79.9. The molecule has 5 heteroatoms. The Labute approximate surface area is 154 Å². The van der Waals surface area contributed by atoms with Crippen molar-refractivity contribution in [1.82, 2.24) is 4.90 Å². The first-order valence-electron chi connectivity index (χ1n) is 8.27. The Bertz CT molecular complexity index is 912. The maximum absolute atomic E-state index is 13.0. The van der Waals surface area contributed by atoms with E-state index in [4.69, 9.17) is 9.15 Å². The molecule has 1 amide bonds. The second-order valence-electron chi connectivity index (χ2n) is 6.31. The molecule has 25 heavy (non-hydrogen) atoms. The van der Waals surface area contributed by atoms with Gasteiger partial charge in [0.2, 0.25) is 0 Å². The van der Waals surface area contributed by atoms with Gasteiger partial charge in [-0.2, -0.15) is 0 Å². The van der Waals surface area contributed by atoms with Crippen LogP contribution in [-0.4, -0.2) is 24.0 Å². The molecule has 3 aromatic rings. The quantitative estimate of drug-likeness (QED) is 0.605. The molecule has 1 aromatic heterocycles. The molecule has 1 aliphatic rings. The van der Waals surface area contributed by atoms with Crippen LogP contribution in [0.2, 0.25) is 0 Å². The number of benzene rings is 2. The number of hydrogen-bond donors (Lipinski definition) is 0. The van der Waals surface area contributed by atoms with Crippen molar-refractivity contribution in [3.63, 3.8) is 0 Å². The van der Waals surface area contributed by atoms with Crippen LogP contribution in [0.4, 0.5) is 0 Å². The Morgan fingerprint density at radius 2 is 1.96 bits per heavy atom. The monoisotopic (exact) mass is 399 g/mol. The average Bonchev–Trinajstić information content (AvgIpc) is 3.38. The van der Waals surface area contributed by atoms with Crippen LogP contribution in [-0.2, 0) is 6.54 Å². The van der Waals surface area contributed by atoms with Gasteiger partial charge in [-0.1, -0.05) is 28.1 Å². The van der Waals surface area contributed by atoms with Crippen LogP contribution in [0.3, 0.4) is 0 Å². The highest BCUT2D eigenvalue weighted by molar-refractivity contribution is 9.10. The number of furan rings is 1. The molecular weight excluding hydrogens is 382 g/mol. The number of rotatable bonds is 5. The summed E-state index contributed by atoms with van der Waals surface area (Å²) in [6.45, 7) is 0.578. The van der Waals surface area contributed by atoms with Crippen molar-refractivity contribution in [1.29, 1.82) is 0 Å². The van der Waals surface area contributed by atoms with Crippen molar-refractivity contribution < 1.29 is 13.9 Å². The lowest BCUT2D eigenvalue weighted by atomic mass is 10.2. The van der Waals surface area contributed by atoms with Gasteiger partial charge in [-0.05, 0) is 54.8 Å². The third-order valence-corrected chi connectivity index (χ3v) is 4.94. The Balaban J connectivity index is 1.59. The van der Waals surface area contributed by atoms with E-state index in [9.17, 15) is 4.79 Å². The topological polar surface area (TPSA) is 42.7 Å². The summed E-state index contributed by atoms with van der Waals surface area (Å²) in [4.78, 5) is 14.9. The van der Waals surface area contributed by atoms with Crippen LogP contribution < -0.4 is 4.74 Å². The number of halogens is 1. The maximum Gasteiger partial charge on any atom is 0.290 e. The second kappa shape index (κ2) is 6.56. The van der Waals surface area contributed by atoms with E-state index < -0.39 is 0 Å². The van der Waals surface area contributed by atoms with E-state index in [1.807, 2.05) is 53.4 Å². The molecule has 0 atom stereocenters. The third-order valence-electron chi connectivity index (χ3n) is 4.45. The SMILES string of the molecule is COc1ccc(CN(C(=O)c2cc3cc(Br)ccc3o2)C2CC2)cc1. The van der Waals surface area contributed by atoms with Gasteiger partial charge in [-0.3, -0.25) is 4.79 Å². The van der Waals surface area contributed by atoms with Crippen molar-refractivity contribution in [2.24, 2.45) is 0 Å². The molecule has 1 saturated carbocycles. The molecule has 0 radical (unpaired) electrons. The number of ether oxygens (including phenoxy) is 1. The van der Waals surface area contributed by atoms with E-state index in [-0.39, 0.29) is 5.91 Å². The summed E-state index contributed by atoms with van der Waals surface area (Å²) >= 11 is 3.45. The van der Waals surface area contributed by atoms with E-state index >= 15 is 0 Å². The first kappa shape index (κ1) is 16.2. The van der Waals surface area contributed by atoms with Crippen LogP contribution in [0, 0.1) is 0 Å². The molecule has 1 aliphatic carbocycles. The van der Waals surface area contributed by atoms with E-state index in [1.54, 1.807) is 7.11 Å². The molecule has 0 bridgehead atoms. The molecule has 4 rings (SSSR count). The van der Waals surface area contributed by atoms with E-state index in [1.165, 1.54) is 0 Å². The molecule has 1 fully saturated rings. The Morgan fingerprint density at radius 3 is 2.64 bits per heavy atom. The summed E-state index contributed by atoms with van der Waals surface area (Å²) < 4.78 is 12.0. The van der Waals surface area contributed by atoms with Gasteiger partial charge < -0.3 is 14.1 Å². The summed E-state index contributed by atoms with van der Waals surface area (Å²) in [6.07, 6.45) is 2.10. The second-order valence-corrected chi connectivity index (χ2v) is 7.22. The van der Waals surface area contributed by atoms with Gasteiger partial charge in [0, 0.05) is 22.4 Å². The molecule has 4 nitrogen and oxygen atoms in total. The third kappa shape index (κ3) is 3.42. The number of methoxy groups -OCH3 is 1. The van der Waals surface area contributed by atoms with Gasteiger partial charge in [-0.15, -0.1) is 0 Å². The lowest BCUT2D eigenvalue weighted by Gasteiger charge is -2.21. The number of fused-ring (bicyclic) bond motifs is 1. The number of hydrogen-bond acceptors (Lipinski definition) is 3. The molecule has 0 unspecified atom stereocenters. The summed E-state index contributed by atoms with van der Waals surface area (Å²) in [7, 11) is 1.65. The number of carbonyl (C=O) groups is 1.